The Labute approximate surface area is 138 Å². The number of hydrogen-bond donors (Lipinski definition) is 3. The van der Waals surface area contributed by atoms with Gasteiger partial charge < -0.3 is 16.0 Å². The van der Waals surface area contributed by atoms with Gasteiger partial charge in [-0.15, -0.1) is 0 Å². The molecule has 0 aliphatic rings. The van der Waals surface area contributed by atoms with Crippen molar-refractivity contribution in [3.05, 3.63) is 47.2 Å². The lowest BCUT2D eigenvalue weighted by molar-refractivity contribution is 0.0954. The maximum Gasteiger partial charge on any atom is 0.251 e. The summed E-state index contributed by atoms with van der Waals surface area (Å²) in [6, 6.07) is 4.85. The van der Waals surface area contributed by atoms with Gasteiger partial charge in [-0.05, 0) is 32.0 Å². The molecule has 6 nitrogen and oxygen atoms in total. The molecule has 0 saturated heterocycles. The lowest BCUT2D eigenvalue weighted by Crippen LogP contribution is -2.29. The second-order valence-corrected chi connectivity index (χ2v) is 5.06. The predicted molar refractivity (Wildman–Crippen MR) is 88.1 cm³/mol. The number of carbonyl (C=O) groups excluding carboxylic acids is 1. The molecule has 1 heterocycles. The number of hydrogen-bond acceptors (Lipinski definition) is 5. The number of halogens is 2. The smallest absolute Gasteiger partial charge is 0.251 e. The molecule has 0 aliphatic carbocycles. The second-order valence-electron chi connectivity index (χ2n) is 5.06. The summed E-state index contributed by atoms with van der Waals surface area (Å²) < 4.78 is 25.9. The van der Waals surface area contributed by atoms with Crippen molar-refractivity contribution >= 4 is 17.7 Å². The molecular weight excluding hydrogens is 316 g/mol. The maximum atomic E-state index is 13.1. The van der Waals surface area contributed by atoms with Crippen LogP contribution < -0.4 is 16.0 Å². The SMILES string of the molecule is CCNc1cc(C)nc(NCCNC(=O)c2ccc(F)c(F)c2)n1. The second kappa shape index (κ2) is 8.19. The molecular formula is C16H19F2N5O. The topological polar surface area (TPSA) is 78.9 Å². The standard InChI is InChI=1S/C16H19F2N5O/c1-3-19-14-8-10(2)22-16(23-14)21-7-6-20-15(24)11-4-5-12(17)13(18)9-11/h4-5,8-9H,3,6-7H2,1-2H3,(H,20,24)(H2,19,21,22,23). The zero-order valence-electron chi connectivity index (χ0n) is 13.5. The highest BCUT2D eigenvalue weighted by molar-refractivity contribution is 5.94. The Morgan fingerprint density at radius 2 is 1.88 bits per heavy atom. The molecule has 0 unspecified atom stereocenters. The van der Waals surface area contributed by atoms with Crippen molar-refractivity contribution < 1.29 is 13.6 Å². The molecule has 2 aromatic rings. The quantitative estimate of drug-likeness (QED) is 0.677. The molecule has 0 saturated carbocycles. The van der Waals surface area contributed by atoms with Gasteiger partial charge in [-0.3, -0.25) is 4.79 Å². The van der Waals surface area contributed by atoms with Crippen LogP contribution in [0.1, 0.15) is 23.0 Å². The van der Waals surface area contributed by atoms with Crippen LogP contribution in [0.3, 0.4) is 0 Å². The number of aryl methyl sites for hydroxylation is 1. The Morgan fingerprint density at radius 1 is 1.08 bits per heavy atom. The van der Waals surface area contributed by atoms with Crippen molar-refractivity contribution in [3.8, 4) is 0 Å². The number of carbonyl (C=O) groups is 1. The van der Waals surface area contributed by atoms with E-state index < -0.39 is 17.5 Å². The van der Waals surface area contributed by atoms with Crippen LogP contribution in [0.25, 0.3) is 0 Å². The Kier molecular flexibility index (Phi) is 6.00. The van der Waals surface area contributed by atoms with Crippen LogP contribution in [0, 0.1) is 18.6 Å². The molecule has 0 fully saturated rings. The van der Waals surface area contributed by atoms with Gasteiger partial charge in [0.2, 0.25) is 5.95 Å². The summed E-state index contributed by atoms with van der Waals surface area (Å²) in [4.78, 5) is 20.4. The average Bonchev–Trinajstić information content (AvgIpc) is 2.54. The van der Waals surface area contributed by atoms with Crippen LogP contribution in [-0.2, 0) is 0 Å². The molecule has 1 amide bonds. The third-order valence-corrected chi connectivity index (χ3v) is 3.09. The van der Waals surface area contributed by atoms with Crippen molar-refractivity contribution in [3.63, 3.8) is 0 Å². The van der Waals surface area contributed by atoms with E-state index in [1.54, 1.807) is 0 Å². The van der Waals surface area contributed by atoms with E-state index in [1.165, 1.54) is 6.07 Å². The number of anilines is 2. The highest BCUT2D eigenvalue weighted by atomic mass is 19.2. The first-order chi connectivity index (χ1) is 11.5. The van der Waals surface area contributed by atoms with E-state index >= 15 is 0 Å². The molecule has 2 rings (SSSR count). The molecule has 0 aliphatic heterocycles. The van der Waals surface area contributed by atoms with Gasteiger partial charge in [0.15, 0.2) is 11.6 Å². The summed E-state index contributed by atoms with van der Waals surface area (Å²) in [5.41, 5.74) is 0.879. The fraction of sp³-hybridized carbons (Fsp3) is 0.312. The molecule has 1 aromatic carbocycles. The Hall–Kier alpha value is -2.77. The van der Waals surface area contributed by atoms with Crippen molar-refractivity contribution in [2.45, 2.75) is 13.8 Å². The van der Waals surface area contributed by atoms with Crippen LogP contribution in [0.2, 0.25) is 0 Å². The third kappa shape index (κ3) is 4.87. The van der Waals surface area contributed by atoms with Gasteiger partial charge in [0.05, 0.1) is 0 Å². The lowest BCUT2D eigenvalue weighted by Gasteiger charge is -2.09. The highest BCUT2D eigenvalue weighted by Crippen LogP contribution is 2.09. The first-order valence-corrected chi connectivity index (χ1v) is 7.56. The Bertz CT molecular complexity index is 724. The van der Waals surface area contributed by atoms with Gasteiger partial charge in [-0.2, -0.15) is 4.98 Å². The molecule has 8 heteroatoms. The van der Waals surface area contributed by atoms with Gasteiger partial charge in [-0.1, -0.05) is 0 Å². The molecule has 0 atom stereocenters. The van der Waals surface area contributed by atoms with Crippen molar-refractivity contribution in [2.24, 2.45) is 0 Å². The van der Waals surface area contributed by atoms with E-state index in [9.17, 15) is 13.6 Å². The number of nitrogens with one attached hydrogen (secondary N) is 3. The van der Waals surface area contributed by atoms with Crippen LogP contribution in [0.4, 0.5) is 20.5 Å². The van der Waals surface area contributed by atoms with E-state index in [0.29, 0.717) is 12.5 Å². The van der Waals surface area contributed by atoms with E-state index in [2.05, 4.69) is 25.9 Å². The normalized spacial score (nSPS) is 10.3. The number of nitrogens with zero attached hydrogens (tertiary/aromatic N) is 2. The summed E-state index contributed by atoms with van der Waals surface area (Å²) in [6.07, 6.45) is 0. The first-order valence-electron chi connectivity index (χ1n) is 7.56. The largest absolute Gasteiger partial charge is 0.370 e. The molecule has 0 spiro atoms. The molecule has 1 aromatic heterocycles. The summed E-state index contributed by atoms with van der Waals surface area (Å²) in [5.74, 6) is -1.34. The number of rotatable bonds is 7. The summed E-state index contributed by atoms with van der Waals surface area (Å²) in [7, 11) is 0. The summed E-state index contributed by atoms with van der Waals surface area (Å²) in [5, 5.41) is 8.71. The van der Waals surface area contributed by atoms with E-state index in [1.807, 2.05) is 19.9 Å². The lowest BCUT2D eigenvalue weighted by atomic mass is 10.2. The minimum Gasteiger partial charge on any atom is -0.370 e. The van der Waals surface area contributed by atoms with Crippen LogP contribution in [0.5, 0.6) is 0 Å². The Morgan fingerprint density at radius 3 is 2.58 bits per heavy atom. The predicted octanol–water partition coefficient (Wildman–Crippen LogP) is 2.34. The average molecular weight is 335 g/mol. The zero-order chi connectivity index (χ0) is 17.5. The fourth-order valence-corrected chi connectivity index (χ4v) is 2.01. The van der Waals surface area contributed by atoms with Gasteiger partial charge in [0, 0.05) is 37.0 Å². The van der Waals surface area contributed by atoms with Crippen molar-refractivity contribution in [1.29, 1.82) is 0 Å². The van der Waals surface area contributed by atoms with Gasteiger partial charge in [0.25, 0.3) is 5.91 Å². The molecule has 3 N–H and O–H groups in total. The first kappa shape index (κ1) is 17.6. The minimum atomic E-state index is -1.05. The van der Waals surface area contributed by atoms with Crippen LogP contribution >= 0.6 is 0 Å². The van der Waals surface area contributed by atoms with Gasteiger partial charge >= 0.3 is 0 Å². The molecule has 128 valence electrons. The van der Waals surface area contributed by atoms with Crippen molar-refractivity contribution in [1.82, 2.24) is 15.3 Å². The van der Waals surface area contributed by atoms with E-state index in [-0.39, 0.29) is 12.1 Å². The highest BCUT2D eigenvalue weighted by Gasteiger charge is 2.09. The van der Waals surface area contributed by atoms with Gasteiger partial charge in [0.1, 0.15) is 5.82 Å². The minimum absolute atomic E-state index is 0.0649. The Balaban J connectivity index is 1.84. The number of aromatic nitrogens is 2. The van der Waals surface area contributed by atoms with E-state index in [0.717, 1.165) is 30.2 Å². The van der Waals surface area contributed by atoms with E-state index in [4.69, 9.17) is 0 Å². The number of benzene rings is 1. The monoisotopic (exact) mass is 335 g/mol. The summed E-state index contributed by atoms with van der Waals surface area (Å²) in [6.45, 7) is 5.26. The number of amides is 1. The van der Waals surface area contributed by atoms with Crippen molar-refractivity contribution in [2.75, 3.05) is 30.3 Å². The fourth-order valence-electron chi connectivity index (χ4n) is 2.01. The van der Waals surface area contributed by atoms with Crippen LogP contribution in [0.15, 0.2) is 24.3 Å². The summed E-state index contributed by atoms with van der Waals surface area (Å²) >= 11 is 0. The molecule has 0 radical (unpaired) electrons. The molecule has 0 bridgehead atoms. The molecule has 24 heavy (non-hydrogen) atoms. The zero-order valence-corrected chi connectivity index (χ0v) is 13.5. The maximum absolute atomic E-state index is 13.1. The third-order valence-electron chi connectivity index (χ3n) is 3.09. The van der Waals surface area contributed by atoms with Gasteiger partial charge in [-0.25, -0.2) is 13.8 Å². The van der Waals surface area contributed by atoms with Crippen LogP contribution in [-0.4, -0.2) is 35.5 Å².